The summed E-state index contributed by atoms with van der Waals surface area (Å²) in [7, 11) is 0. The van der Waals surface area contributed by atoms with Gasteiger partial charge in [0.2, 0.25) is 0 Å². The van der Waals surface area contributed by atoms with E-state index >= 15 is 0 Å². The smallest absolute Gasteiger partial charge is 0.0963 e. The Morgan fingerprint density at radius 1 is 0.304 bits per heavy atom. The molecule has 0 radical (unpaired) electrons. The molecule has 262 valence electrons. The van der Waals surface area contributed by atoms with Crippen LogP contribution in [0.15, 0.2) is 195 Å². The Hall–Kier alpha value is -7.70. The first kappa shape index (κ1) is 31.8. The predicted molar refractivity (Wildman–Crippen MR) is 228 cm³/mol. The Morgan fingerprint density at radius 3 is 1.21 bits per heavy atom. The Balaban J connectivity index is 1.06. The van der Waals surface area contributed by atoms with Crippen LogP contribution < -0.4 is 0 Å². The quantitative estimate of drug-likeness (QED) is 0.172. The lowest BCUT2D eigenvalue weighted by Gasteiger charge is -2.13. The molecular weight excluding hydrogens is 685 g/mol. The molecule has 0 amide bonds. The fourth-order valence-electron chi connectivity index (χ4n) is 8.29. The highest BCUT2D eigenvalue weighted by atomic mass is 15.0. The zero-order chi connectivity index (χ0) is 37.0. The van der Waals surface area contributed by atoms with Crippen LogP contribution in [-0.2, 0) is 0 Å². The molecule has 0 spiro atoms. The molecule has 0 fully saturated rings. The van der Waals surface area contributed by atoms with E-state index in [2.05, 4.69) is 153 Å². The lowest BCUT2D eigenvalue weighted by Crippen LogP contribution is -1.98. The van der Waals surface area contributed by atoms with Crippen molar-refractivity contribution in [2.45, 2.75) is 0 Å². The second-order valence-electron chi connectivity index (χ2n) is 13.9. The summed E-state index contributed by atoms with van der Waals surface area (Å²) in [6.07, 6.45) is 7.45. The van der Waals surface area contributed by atoms with Gasteiger partial charge in [-0.3, -0.25) is 19.9 Å². The van der Waals surface area contributed by atoms with Crippen LogP contribution in [0.2, 0.25) is 0 Å². The molecule has 0 atom stereocenters. The minimum atomic E-state index is 0.950. The molecule has 0 bridgehead atoms. The minimum absolute atomic E-state index is 0.950. The van der Waals surface area contributed by atoms with Crippen LogP contribution in [-0.4, -0.2) is 29.1 Å². The molecule has 11 rings (SSSR count). The van der Waals surface area contributed by atoms with Crippen molar-refractivity contribution < 1.29 is 0 Å². The fraction of sp³-hybridized carbons (Fsp3) is 0. The van der Waals surface area contributed by atoms with E-state index in [1.54, 1.807) is 0 Å². The van der Waals surface area contributed by atoms with E-state index in [0.717, 1.165) is 100 Å². The molecule has 6 heteroatoms. The molecule has 6 nitrogen and oxygen atoms in total. The summed E-state index contributed by atoms with van der Waals surface area (Å²) >= 11 is 0. The van der Waals surface area contributed by atoms with Crippen LogP contribution in [0.25, 0.3) is 100 Å². The summed E-state index contributed by atoms with van der Waals surface area (Å²) in [6, 6.07) is 59.6. The van der Waals surface area contributed by atoms with Gasteiger partial charge in [0, 0.05) is 58.1 Å². The standard InChI is InChI=1S/C50H32N6/c1-3-16-39(43-18-5-7-26-51-43)37(14-1)33-22-24-45-41(30-33)49-47(20-10-28-53-49)55(45)35-12-9-13-36(32-35)56-46-25-23-34(31-42(46)50-48(56)21-11-29-54-50)38-15-2-4-17-40(38)44-19-6-8-27-52-44/h1-32H. The first-order valence-corrected chi connectivity index (χ1v) is 18.7. The molecule has 0 saturated heterocycles. The third-order valence-electron chi connectivity index (χ3n) is 10.7. The number of pyridine rings is 4. The second kappa shape index (κ2) is 13.0. The van der Waals surface area contributed by atoms with Crippen molar-refractivity contribution in [3.05, 3.63) is 195 Å². The van der Waals surface area contributed by atoms with Gasteiger partial charge in [-0.1, -0.05) is 78.9 Å². The Labute approximate surface area is 322 Å². The molecule has 0 aliphatic carbocycles. The van der Waals surface area contributed by atoms with E-state index in [0.29, 0.717) is 0 Å². The summed E-state index contributed by atoms with van der Waals surface area (Å²) in [5, 5.41) is 2.19. The molecule has 6 heterocycles. The maximum absolute atomic E-state index is 4.93. The lowest BCUT2D eigenvalue weighted by molar-refractivity contribution is 1.13. The Morgan fingerprint density at radius 2 is 0.750 bits per heavy atom. The van der Waals surface area contributed by atoms with E-state index < -0.39 is 0 Å². The van der Waals surface area contributed by atoms with Gasteiger partial charge in [-0.25, -0.2) is 0 Å². The number of rotatable bonds is 6. The largest absolute Gasteiger partial charge is 0.308 e. The minimum Gasteiger partial charge on any atom is -0.308 e. The molecular formula is C50H32N6. The number of fused-ring (bicyclic) bond motifs is 6. The molecule has 6 aromatic heterocycles. The van der Waals surface area contributed by atoms with Crippen molar-refractivity contribution >= 4 is 43.9 Å². The highest BCUT2D eigenvalue weighted by Crippen LogP contribution is 2.39. The van der Waals surface area contributed by atoms with Gasteiger partial charge in [-0.05, 0) is 113 Å². The third kappa shape index (κ3) is 5.11. The van der Waals surface area contributed by atoms with Crippen molar-refractivity contribution in [3.8, 4) is 56.1 Å². The predicted octanol–water partition coefficient (Wildman–Crippen LogP) is 12.1. The van der Waals surface area contributed by atoms with Gasteiger partial charge < -0.3 is 9.13 Å². The zero-order valence-corrected chi connectivity index (χ0v) is 30.2. The third-order valence-corrected chi connectivity index (χ3v) is 10.7. The summed E-state index contributed by atoms with van der Waals surface area (Å²) < 4.78 is 4.66. The number of benzene rings is 5. The maximum Gasteiger partial charge on any atom is 0.0963 e. The van der Waals surface area contributed by atoms with Gasteiger partial charge in [0.05, 0.1) is 44.5 Å². The normalized spacial score (nSPS) is 11.6. The molecule has 0 aliphatic heterocycles. The van der Waals surface area contributed by atoms with Crippen molar-refractivity contribution in [2.75, 3.05) is 0 Å². The maximum atomic E-state index is 4.93. The summed E-state index contributed by atoms with van der Waals surface area (Å²) in [5.74, 6) is 0. The van der Waals surface area contributed by atoms with Crippen LogP contribution in [0, 0.1) is 0 Å². The lowest BCUT2D eigenvalue weighted by atomic mass is 9.96. The average molecular weight is 717 g/mol. The van der Waals surface area contributed by atoms with Crippen LogP contribution >= 0.6 is 0 Å². The van der Waals surface area contributed by atoms with Crippen molar-refractivity contribution in [1.29, 1.82) is 0 Å². The molecule has 56 heavy (non-hydrogen) atoms. The van der Waals surface area contributed by atoms with Gasteiger partial charge in [0.15, 0.2) is 0 Å². The fourth-order valence-corrected chi connectivity index (χ4v) is 8.29. The van der Waals surface area contributed by atoms with Crippen molar-refractivity contribution in [2.24, 2.45) is 0 Å². The zero-order valence-electron chi connectivity index (χ0n) is 30.2. The molecule has 0 aliphatic rings. The second-order valence-corrected chi connectivity index (χ2v) is 13.9. The monoisotopic (exact) mass is 716 g/mol. The van der Waals surface area contributed by atoms with Crippen LogP contribution in [0.3, 0.4) is 0 Å². The van der Waals surface area contributed by atoms with Crippen LogP contribution in [0.5, 0.6) is 0 Å². The highest BCUT2D eigenvalue weighted by molar-refractivity contribution is 6.10. The number of hydrogen-bond donors (Lipinski definition) is 0. The van der Waals surface area contributed by atoms with Gasteiger partial charge in [0.1, 0.15) is 0 Å². The topological polar surface area (TPSA) is 61.4 Å². The SMILES string of the molecule is c1ccc(-c2ccccc2-c2ccc3c(c2)c2ncccc2n3-c2cccc(-n3c4ccc(-c5ccccc5-c5ccccn5)cc4c4ncccc43)c2)nc1. The number of hydrogen-bond acceptors (Lipinski definition) is 4. The first-order chi connectivity index (χ1) is 27.8. The van der Waals surface area contributed by atoms with E-state index in [1.807, 2.05) is 61.2 Å². The van der Waals surface area contributed by atoms with Crippen LogP contribution in [0.4, 0.5) is 0 Å². The molecule has 0 saturated carbocycles. The summed E-state index contributed by atoms with van der Waals surface area (Å²) in [6.45, 7) is 0. The first-order valence-electron chi connectivity index (χ1n) is 18.7. The summed E-state index contributed by atoms with van der Waals surface area (Å²) in [5.41, 5.74) is 16.9. The van der Waals surface area contributed by atoms with Crippen LogP contribution in [0.1, 0.15) is 0 Å². The van der Waals surface area contributed by atoms with Gasteiger partial charge in [0.25, 0.3) is 0 Å². The molecule has 0 unspecified atom stereocenters. The van der Waals surface area contributed by atoms with Gasteiger partial charge in [-0.2, -0.15) is 0 Å². The van der Waals surface area contributed by atoms with Gasteiger partial charge >= 0.3 is 0 Å². The van der Waals surface area contributed by atoms with Crippen molar-refractivity contribution in [3.63, 3.8) is 0 Å². The van der Waals surface area contributed by atoms with E-state index in [9.17, 15) is 0 Å². The Kier molecular flexibility index (Phi) is 7.38. The average Bonchev–Trinajstić information content (AvgIpc) is 3.79. The molecule has 5 aromatic carbocycles. The van der Waals surface area contributed by atoms with E-state index in [1.165, 1.54) is 0 Å². The Bertz CT molecular complexity index is 3040. The highest BCUT2D eigenvalue weighted by Gasteiger charge is 2.19. The van der Waals surface area contributed by atoms with Crippen molar-refractivity contribution in [1.82, 2.24) is 29.1 Å². The van der Waals surface area contributed by atoms with E-state index in [-0.39, 0.29) is 0 Å². The summed E-state index contributed by atoms with van der Waals surface area (Å²) in [4.78, 5) is 19.2. The van der Waals surface area contributed by atoms with Gasteiger partial charge in [-0.15, -0.1) is 0 Å². The number of nitrogens with zero attached hydrogens (tertiary/aromatic N) is 6. The molecule has 11 aromatic rings. The number of aromatic nitrogens is 6. The molecule has 0 N–H and O–H groups in total. The van der Waals surface area contributed by atoms with E-state index in [4.69, 9.17) is 9.97 Å².